The summed E-state index contributed by atoms with van der Waals surface area (Å²) in [7, 11) is 0. The van der Waals surface area contributed by atoms with Crippen LogP contribution >= 0.6 is 11.6 Å². The molecular weight excluding hydrogens is 448 g/mol. The molecule has 0 aliphatic heterocycles. The Morgan fingerprint density at radius 3 is 2.26 bits per heavy atom. The van der Waals surface area contributed by atoms with Crippen molar-refractivity contribution in [2.45, 2.75) is 13.8 Å². The highest BCUT2D eigenvalue weighted by Crippen LogP contribution is 2.29. The monoisotopic (exact) mass is 468 g/mol. The molecule has 2 heterocycles. The van der Waals surface area contributed by atoms with Crippen LogP contribution in [0.5, 0.6) is 11.5 Å². The summed E-state index contributed by atoms with van der Waals surface area (Å²) in [4.78, 5) is 17.7. The van der Waals surface area contributed by atoms with Crippen LogP contribution in [-0.4, -0.2) is 20.5 Å². The van der Waals surface area contributed by atoms with Crippen molar-refractivity contribution < 1.29 is 9.53 Å². The van der Waals surface area contributed by atoms with E-state index in [4.69, 9.17) is 21.3 Å². The first kappa shape index (κ1) is 21.7. The molecule has 0 saturated heterocycles. The van der Waals surface area contributed by atoms with E-state index in [2.05, 4.69) is 10.4 Å². The molecule has 0 fully saturated rings. The zero-order valence-electron chi connectivity index (χ0n) is 18.6. The molecule has 1 N–H and O–H groups in total. The van der Waals surface area contributed by atoms with Crippen LogP contribution in [0, 0.1) is 13.8 Å². The largest absolute Gasteiger partial charge is 0.457 e. The van der Waals surface area contributed by atoms with Crippen LogP contribution in [-0.2, 0) is 0 Å². The Labute approximate surface area is 201 Å². The van der Waals surface area contributed by atoms with Gasteiger partial charge in [-0.05, 0) is 67.9 Å². The molecule has 168 valence electrons. The molecule has 6 nitrogen and oxygen atoms in total. The van der Waals surface area contributed by atoms with E-state index in [0.717, 1.165) is 22.6 Å². The van der Waals surface area contributed by atoms with Crippen LogP contribution in [0.3, 0.4) is 0 Å². The molecular formula is C27H21ClN4O2. The van der Waals surface area contributed by atoms with Gasteiger partial charge in [0, 0.05) is 22.5 Å². The summed E-state index contributed by atoms with van der Waals surface area (Å²) in [6.07, 6.45) is 1.71. The van der Waals surface area contributed by atoms with Crippen LogP contribution in [0.4, 0.5) is 5.69 Å². The van der Waals surface area contributed by atoms with Gasteiger partial charge in [0.25, 0.3) is 5.91 Å². The van der Waals surface area contributed by atoms with E-state index in [0.29, 0.717) is 33.4 Å². The average Bonchev–Trinajstić information content (AvgIpc) is 3.15. The molecule has 34 heavy (non-hydrogen) atoms. The lowest BCUT2D eigenvalue weighted by atomic mass is 10.1. The summed E-state index contributed by atoms with van der Waals surface area (Å²) in [5.41, 5.74) is 5.12. The third kappa shape index (κ3) is 4.36. The van der Waals surface area contributed by atoms with Gasteiger partial charge in [0.1, 0.15) is 11.5 Å². The molecule has 0 bridgehead atoms. The Kier molecular flexibility index (Phi) is 5.74. The summed E-state index contributed by atoms with van der Waals surface area (Å²) in [6.45, 7) is 3.74. The number of ether oxygens (including phenoxy) is 1. The van der Waals surface area contributed by atoms with Crippen molar-refractivity contribution >= 4 is 28.8 Å². The number of hydrogen-bond acceptors (Lipinski definition) is 4. The number of aryl methyl sites for hydroxylation is 2. The zero-order valence-corrected chi connectivity index (χ0v) is 19.4. The lowest BCUT2D eigenvalue weighted by Crippen LogP contribution is -2.15. The first-order chi connectivity index (χ1) is 16.5. The minimum atomic E-state index is -0.259. The van der Waals surface area contributed by atoms with E-state index in [-0.39, 0.29) is 5.91 Å². The van der Waals surface area contributed by atoms with Crippen molar-refractivity contribution in [1.82, 2.24) is 14.6 Å². The molecule has 2 aromatic heterocycles. The molecule has 0 aliphatic carbocycles. The second-order valence-corrected chi connectivity index (χ2v) is 8.31. The fourth-order valence-corrected chi connectivity index (χ4v) is 3.90. The van der Waals surface area contributed by atoms with Crippen molar-refractivity contribution in [1.29, 1.82) is 0 Å². The van der Waals surface area contributed by atoms with Crippen molar-refractivity contribution in [3.63, 3.8) is 0 Å². The van der Waals surface area contributed by atoms with Crippen molar-refractivity contribution in [3.8, 4) is 22.6 Å². The Hall–Kier alpha value is -4.16. The smallest absolute Gasteiger partial charge is 0.259 e. The number of para-hydroxylation sites is 1. The lowest BCUT2D eigenvalue weighted by molar-refractivity contribution is 0.102. The number of anilines is 1. The van der Waals surface area contributed by atoms with Crippen molar-refractivity contribution in [2.24, 2.45) is 0 Å². The predicted octanol–water partition coefficient (Wildman–Crippen LogP) is 6.71. The van der Waals surface area contributed by atoms with Gasteiger partial charge in [-0.1, -0.05) is 41.9 Å². The molecule has 0 atom stereocenters. The molecule has 5 rings (SSSR count). The van der Waals surface area contributed by atoms with Crippen LogP contribution in [0.2, 0.25) is 5.02 Å². The fraction of sp³-hybridized carbons (Fsp3) is 0.0741. The number of amides is 1. The first-order valence-electron chi connectivity index (χ1n) is 10.7. The highest BCUT2D eigenvalue weighted by Gasteiger charge is 2.18. The normalized spacial score (nSPS) is 10.9. The first-order valence-corrected chi connectivity index (χ1v) is 11.1. The van der Waals surface area contributed by atoms with E-state index < -0.39 is 0 Å². The van der Waals surface area contributed by atoms with Crippen LogP contribution < -0.4 is 10.1 Å². The van der Waals surface area contributed by atoms with Gasteiger partial charge in [0.2, 0.25) is 0 Å². The summed E-state index contributed by atoms with van der Waals surface area (Å²) in [5.74, 6) is 1.18. The molecule has 7 heteroatoms. The number of benzene rings is 3. The number of rotatable bonds is 5. The maximum Gasteiger partial charge on any atom is 0.259 e. The van der Waals surface area contributed by atoms with Crippen molar-refractivity contribution in [3.05, 3.63) is 107 Å². The number of nitrogens with zero attached hydrogens (tertiary/aromatic N) is 3. The van der Waals surface area contributed by atoms with E-state index in [1.54, 1.807) is 22.8 Å². The Bertz CT molecular complexity index is 1480. The predicted molar refractivity (Wildman–Crippen MR) is 134 cm³/mol. The Balaban J connectivity index is 1.38. The maximum absolute atomic E-state index is 13.0. The number of halogens is 1. The molecule has 0 saturated carbocycles. The number of carbonyl (C=O) groups is 1. The number of carbonyl (C=O) groups excluding carboxylic acids is 1. The minimum Gasteiger partial charge on any atom is -0.457 e. The van der Waals surface area contributed by atoms with Crippen LogP contribution in [0.25, 0.3) is 16.8 Å². The zero-order chi connectivity index (χ0) is 23.7. The summed E-state index contributed by atoms with van der Waals surface area (Å²) in [6, 6.07) is 24.3. The SMILES string of the molecule is Cc1nc2c(-c3ccc(Cl)cc3)c(C)nn2cc1C(=O)Nc1ccc(Oc2ccccc2)cc1. The van der Waals surface area contributed by atoms with Gasteiger partial charge in [-0.15, -0.1) is 0 Å². The maximum atomic E-state index is 13.0. The van der Waals surface area contributed by atoms with Crippen molar-refractivity contribution in [2.75, 3.05) is 5.32 Å². The van der Waals surface area contributed by atoms with E-state index in [9.17, 15) is 4.79 Å². The molecule has 3 aromatic carbocycles. The quantitative estimate of drug-likeness (QED) is 0.311. The van der Waals surface area contributed by atoms with Gasteiger partial charge in [-0.25, -0.2) is 9.50 Å². The minimum absolute atomic E-state index is 0.259. The second-order valence-electron chi connectivity index (χ2n) is 7.87. The number of fused-ring (bicyclic) bond motifs is 1. The molecule has 0 spiro atoms. The third-order valence-electron chi connectivity index (χ3n) is 5.44. The Morgan fingerprint density at radius 2 is 1.56 bits per heavy atom. The van der Waals surface area contributed by atoms with Gasteiger partial charge in [-0.2, -0.15) is 5.10 Å². The van der Waals surface area contributed by atoms with Gasteiger partial charge in [0.15, 0.2) is 5.65 Å². The van der Waals surface area contributed by atoms with Gasteiger partial charge < -0.3 is 10.1 Å². The molecule has 0 radical (unpaired) electrons. The van der Waals surface area contributed by atoms with E-state index in [1.807, 2.05) is 80.6 Å². The summed E-state index contributed by atoms with van der Waals surface area (Å²) >= 11 is 6.04. The lowest BCUT2D eigenvalue weighted by Gasteiger charge is -2.10. The molecule has 0 unspecified atom stereocenters. The third-order valence-corrected chi connectivity index (χ3v) is 5.70. The van der Waals surface area contributed by atoms with E-state index in [1.165, 1.54) is 0 Å². The second kappa shape index (κ2) is 9.00. The standard InChI is InChI=1S/C27H21ClN4O2/c1-17-24(16-32-26(29-17)25(18(2)31-32)19-8-10-20(28)11-9-19)27(33)30-21-12-14-23(15-13-21)34-22-6-4-3-5-7-22/h3-16H,1-2H3,(H,30,33). The van der Waals surface area contributed by atoms with E-state index >= 15 is 0 Å². The number of aromatic nitrogens is 3. The van der Waals surface area contributed by atoms with Crippen LogP contribution in [0.15, 0.2) is 85.1 Å². The number of nitrogens with one attached hydrogen (secondary N) is 1. The topological polar surface area (TPSA) is 68.5 Å². The molecule has 0 aliphatic rings. The summed E-state index contributed by atoms with van der Waals surface area (Å²) < 4.78 is 7.46. The highest BCUT2D eigenvalue weighted by atomic mass is 35.5. The molecule has 1 amide bonds. The van der Waals surface area contributed by atoms with Crippen LogP contribution in [0.1, 0.15) is 21.7 Å². The average molecular weight is 469 g/mol. The van der Waals surface area contributed by atoms with Gasteiger partial charge in [0.05, 0.1) is 17.0 Å². The van der Waals surface area contributed by atoms with Gasteiger partial charge in [-0.3, -0.25) is 4.79 Å². The summed E-state index contributed by atoms with van der Waals surface area (Å²) in [5, 5.41) is 8.17. The van der Waals surface area contributed by atoms with Gasteiger partial charge >= 0.3 is 0 Å². The Morgan fingerprint density at radius 1 is 0.882 bits per heavy atom. The fourth-order valence-electron chi connectivity index (χ4n) is 3.77. The highest BCUT2D eigenvalue weighted by molar-refractivity contribution is 6.30. The molecule has 5 aromatic rings. The number of hydrogen-bond donors (Lipinski definition) is 1.